The number of ether oxygens (including phenoxy) is 2. The van der Waals surface area contributed by atoms with Gasteiger partial charge in [0.1, 0.15) is 0 Å². The molecule has 0 spiro atoms. The van der Waals surface area contributed by atoms with Crippen LogP contribution in [0.3, 0.4) is 0 Å². The lowest BCUT2D eigenvalue weighted by Crippen LogP contribution is -2.15. The van der Waals surface area contributed by atoms with Gasteiger partial charge in [-0.25, -0.2) is 4.79 Å². The average molecular weight is 264 g/mol. The maximum atomic E-state index is 11.7. The molecule has 1 aliphatic heterocycles. The summed E-state index contributed by atoms with van der Waals surface area (Å²) in [6, 6.07) is 5.21. The molecule has 1 aromatic carbocycles. The van der Waals surface area contributed by atoms with E-state index in [1.54, 1.807) is 18.2 Å². The van der Waals surface area contributed by atoms with Crippen molar-refractivity contribution in [2.75, 3.05) is 31.3 Å². The number of nitrogens with one attached hydrogen (secondary N) is 1. The number of carbonyl (C=O) groups is 1. The molecule has 0 bridgehead atoms. The van der Waals surface area contributed by atoms with E-state index >= 15 is 0 Å². The van der Waals surface area contributed by atoms with Crippen LogP contribution in [0.4, 0.5) is 11.4 Å². The number of methoxy groups -OCH3 is 1. The van der Waals surface area contributed by atoms with Crippen LogP contribution < -0.4 is 11.1 Å². The average Bonchev–Trinajstić information content (AvgIpc) is 2.93. The van der Waals surface area contributed by atoms with E-state index < -0.39 is 0 Å². The van der Waals surface area contributed by atoms with Gasteiger partial charge in [0, 0.05) is 13.2 Å². The van der Waals surface area contributed by atoms with Crippen molar-refractivity contribution in [2.24, 2.45) is 0 Å². The second-order valence-corrected chi connectivity index (χ2v) is 4.61. The molecule has 1 aromatic rings. The van der Waals surface area contributed by atoms with E-state index in [1.807, 2.05) is 0 Å². The highest BCUT2D eigenvalue weighted by Crippen LogP contribution is 2.24. The summed E-state index contributed by atoms with van der Waals surface area (Å²) in [5.41, 5.74) is 7.57. The van der Waals surface area contributed by atoms with E-state index in [4.69, 9.17) is 15.2 Å². The van der Waals surface area contributed by atoms with Gasteiger partial charge in [-0.2, -0.15) is 0 Å². The fourth-order valence-electron chi connectivity index (χ4n) is 2.28. The van der Waals surface area contributed by atoms with Crippen LogP contribution >= 0.6 is 0 Å². The quantitative estimate of drug-likeness (QED) is 0.629. The normalized spacial score (nSPS) is 18.3. The Balaban J connectivity index is 1.99. The van der Waals surface area contributed by atoms with Gasteiger partial charge in [0.15, 0.2) is 0 Å². The number of esters is 1. The summed E-state index contributed by atoms with van der Waals surface area (Å²) in [5.74, 6) is -0.382. The minimum Gasteiger partial charge on any atom is -0.465 e. The summed E-state index contributed by atoms with van der Waals surface area (Å²) in [6.07, 6.45) is 3.47. The van der Waals surface area contributed by atoms with Crippen LogP contribution in [0.25, 0.3) is 0 Å². The van der Waals surface area contributed by atoms with E-state index in [-0.39, 0.29) is 5.97 Å². The Hall–Kier alpha value is -1.75. The Labute approximate surface area is 113 Å². The third-order valence-electron chi connectivity index (χ3n) is 3.29. The van der Waals surface area contributed by atoms with Gasteiger partial charge < -0.3 is 20.5 Å². The molecule has 0 aromatic heterocycles. The number of hydrogen-bond acceptors (Lipinski definition) is 5. The van der Waals surface area contributed by atoms with Crippen LogP contribution in [0.1, 0.15) is 29.6 Å². The zero-order valence-corrected chi connectivity index (χ0v) is 11.1. The zero-order valence-electron chi connectivity index (χ0n) is 11.1. The highest BCUT2D eigenvalue weighted by Gasteiger charge is 2.17. The lowest BCUT2D eigenvalue weighted by atomic mass is 10.1. The Kier molecular flexibility index (Phi) is 4.63. The first kappa shape index (κ1) is 13.7. The van der Waals surface area contributed by atoms with E-state index in [0.29, 0.717) is 23.0 Å². The van der Waals surface area contributed by atoms with Gasteiger partial charge in [-0.1, -0.05) is 6.07 Å². The molecule has 3 N–H and O–H groups in total. The lowest BCUT2D eigenvalue weighted by molar-refractivity contribution is 0.0602. The number of para-hydroxylation sites is 1. The van der Waals surface area contributed by atoms with Crippen LogP contribution in [0.2, 0.25) is 0 Å². The third-order valence-corrected chi connectivity index (χ3v) is 3.29. The summed E-state index contributed by atoms with van der Waals surface area (Å²) in [5, 5.41) is 3.22. The van der Waals surface area contributed by atoms with E-state index in [9.17, 15) is 4.79 Å². The second kappa shape index (κ2) is 6.43. The molecule has 0 aliphatic carbocycles. The molecule has 1 atom stereocenters. The standard InChI is InChI=1S/C14H20N2O3/c1-18-14(17)11-5-2-6-12(15)13(11)16-8-7-10-4-3-9-19-10/h2,5-6,10,16H,3-4,7-9,15H2,1H3. The van der Waals surface area contributed by atoms with Crippen molar-refractivity contribution in [3.05, 3.63) is 23.8 Å². The summed E-state index contributed by atoms with van der Waals surface area (Å²) in [6.45, 7) is 1.58. The highest BCUT2D eigenvalue weighted by atomic mass is 16.5. The lowest BCUT2D eigenvalue weighted by Gasteiger charge is -2.15. The van der Waals surface area contributed by atoms with Crippen molar-refractivity contribution in [3.8, 4) is 0 Å². The first-order valence-electron chi connectivity index (χ1n) is 6.54. The number of carbonyl (C=O) groups excluding carboxylic acids is 1. The van der Waals surface area contributed by atoms with Crippen molar-refractivity contribution in [3.63, 3.8) is 0 Å². The molecule has 1 heterocycles. The molecule has 0 saturated carbocycles. The van der Waals surface area contributed by atoms with Crippen LogP contribution in [0, 0.1) is 0 Å². The fraction of sp³-hybridized carbons (Fsp3) is 0.500. The maximum absolute atomic E-state index is 11.7. The van der Waals surface area contributed by atoms with Crippen LogP contribution in [-0.4, -0.2) is 32.3 Å². The second-order valence-electron chi connectivity index (χ2n) is 4.61. The topological polar surface area (TPSA) is 73.6 Å². The van der Waals surface area contributed by atoms with E-state index in [1.165, 1.54) is 7.11 Å². The molecule has 19 heavy (non-hydrogen) atoms. The summed E-state index contributed by atoms with van der Waals surface area (Å²) < 4.78 is 10.3. The molecule has 1 unspecified atom stereocenters. The number of rotatable bonds is 5. The third kappa shape index (κ3) is 3.38. The van der Waals surface area contributed by atoms with Gasteiger partial charge in [0.25, 0.3) is 0 Å². The maximum Gasteiger partial charge on any atom is 0.340 e. The van der Waals surface area contributed by atoms with Crippen molar-refractivity contribution in [2.45, 2.75) is 25.4 Å². The van der Waals surface area contributed by atoms with E-state index in [0.717, 1.165) is 32.4 Å². The molecule has 5 nitrogen and oxygen atoms in total. The van der Waals surface area contributed by atoms with Crippen molar-refractivity contribution >= 4 is 17.3 Å². The van der Waals surface area contributed by atoms with Gasteiger partial charge in [-0.3, -0.25) is 0 Å². The van der Waals surface area contributed by atoms with Gasteiger partial charge in [0.2, 0.25) is 0 Å². The van der Waals surface area contributed by atoms with Gasteiger partial charge in [-0.05, 0) is 31.4 Å². The number of anilines is 2. The molecule has 1 aliphatic rings. The fourth-order valence-corrected chi connectivity index (χ4v) is 2.28. The molecule has 2 rings (SSSR count). The minimum absolute atomic E-state index is 0.319. The van der Waals surface area contributed by atoms with Gasteiger partial charge in [-0.15, -0.1) is 0 Å². The van der Waals surface area contributed by atoms with Crippen LogP contribution in [0.5, 0.6) is 0 Å². The minimum atomic E-state index is -0.382. The van der Waals surface area contributed by atoms with Gasteiger partial charge in [0.05, 0.1) is 30.2 Å². The number of nitrogen functional groups attached to an aromatic ring is 1. The molecule has 0 amide bonds. The Morgan fingerprint density at radius 2 is 2.42 bits per heavy atom. The number of benzene rings is 1. The SMILES string of the molecule is COC(=O)c1cccc(N)c1NCCC1CCCO1. The molecular weight excluding hydrogens is 244 g/mol. The molecule has 104 valence electrons. The van der Waals surface area contributed by atoms with Crippen molar-refractivity contribution in [1.29, 1.82) is 0 Å². The number of hydrogen-bond donors (Lipinski definition) is 2. The highest BCUT2D eigenvalue weighted by molar-refractivity contribution is 5.98. The first-order chi connectivity index (χ1) is 9.22. The molecule has 1 fully saturated rings. The molecule has 0 radical (unpaired) electrons. The Bertz CT molecular complexity index is 442. The van der Waals surface area contributed by atoms with Crippen molar-refractivity contribution < 1.29 is 14.3 Å². The van der Waals surface area contributed by atoms with Gasteiger partial charge >= 0.3 is 5.97 Å². The summed E-state index contributed by atoms with van der Waals surface area (Å²) in [4.78, 5) is 11.7. The first-order valence-corrected chi connectivity index (χ1v) is 6.54. The predicted octanol–water partition coefficient (Wildman–Crippen LogP) is 2.04. The molecule has 5 heteroatoms. The number of nitrogens with two attached hydrogens (primary N) is 1. The zero-order chi connectivity index (χ0) is 13.7. The molecule has 1 saturated heterocycles. The van der Waals surface area contributed by atoms with Crippen LogP contribution in [-0.2, 0) is 9.47 Å². The Morgan fingerprint density at radius 1 is 1.58 bits per heavy atom. The summed E-state index contributed by atoms with van der Waals surface area (Å²) in [7, 11) is 1.36. The van der Waals surface area contributed by atoms with Crippen LogP contribution in [0.15, 0.2) is 18.2 Å². The molecular formula is C14H20N2O3. The smallest absolute Gasteiger partial charge is 0.340 e. The monoisotopic (exact) mass is 264 g/mol. The predicted molar refractivity (Wildman–Crippen MR) is 74.3 cm³/mol. The van der Waals surface area contributed by atoms with Crippen molar-refractivity contribution in [1.82, 2.24) is 0 Å². The summed E-state index contributed by atoms with van der Waals surface area (Å²) >= 11 is 0. The van der Waals surface area contributed by atoms with E-state index in [2.05, 4.69) is 5.32 Å². The largest absolute Gasteiger partial charge is 0.465 e. The Morgan fingerprint density at radius 3 is 3.11 bits per heavy atom.